The molecular weight excluding hydrogens is 328 g/mol. The SMILES string of the molecule is Clc1nc(-c2cccc3ccccc23)c2ccc3ccccc3c2n1. The van der Waals surface area contributed by atoms with Gasteiger partial charge in [0, 0.05) is 16.3 Å². The van der Waals surface area contributed by atoms with Crippen molar-refractivity contribution in [1.29, 1.82) is 0 Å². The largest absolute Gasteiger partial charge is 0.223 e. The van der Waals surface area contributed by atoms with E-state index in [0.717, 1.165) is 38.3 Å². The van der Waals surface area contributed by atoms with Crippen LogP contribution in [0.1, 0.15) is 0 Å². The first-order chi connectivity index (χ1) is 12.3. The Labute approximate surface area is 149 Å². The highest BCUT2D eigenvalue weighted by atomic mass is 35.5. The summed E-state index contributed by atoms with van der Waals surface area (Å²) >= 11 is 6.30. The summed E-state index contributed by atoms with van der Waals surface area (Å²) in [6.07, 6.45) is 0. The Kier molecular flexibility index (Phi) is 3.19. The van der Waals surface area contributed by atoms with E-state index in [0.29, 0.717) is 0 Å². The molecule has 0 radical (unpaired) electrons. The molecule has 0 atom stereocenters. The molecule has 0 N–H and O–H groups in total. The molecule has 118 valence electrons. The second-order valence-corrected chi connectivity index (χ2v) is 6.39. The number of aromatic nitrogens is 2. The first-order valence-electron chi connectivity index (χ1n) is 8.14. The Morgan fingerprint density at radius 3 is 2.08 bits per heavy atom. The molecule has 0 aliphatic heterocycles. The highest BCUT2D eigenvalue weighted by molar-refractivity contribution is 6.29. The van der Waals surface area contributed by atoms with Crippen molar-refractivity contribution in [3.63, 3.8) is 0 Å². The van der Waals surface area contributed by atoms with Crippen LogP contribution in [0.5, 0.6) is 0 Å². The van der Waals surface area contributed by atoms with E-state index in [1.807, 2.05) is 24.3 Å². The van der Waals surface area contributed by atoms with E-state index in [-0.39, 0.29) is 5.28 Å². The molecule has 25 heavy (non-hydrogen) atoms. The molecule has 0 saturated heterocycles. The van der Waals surface area contributed by atoms with Gasteiger partial charge in [-0.1, -0.05) is 72.8 Å². The molecule has 0 fully saturated rings. The fourth-order valence-electron chi connectivity index (χ4n) is 3.47. The summed E-state index contributed by atoms with van der Waals surface area (Å²) in [5.41, 5.74) is 2.83. The molecule has 3 heteroatoms. The van der Waals surface area contributed by atoms with Crippen LogP contribution < -0.4 is 0 Å². The van der Waals surface area contributed by atoms with Gasteiger partial charge in [0.25, 0.3) is 0 Å². The van der Waals surface area contributed by atoms with Crippen molar-refractivity contribution in [2.24, 2.45) is 0 Å². The quantitative estimate of drug-likeness (QED) is 0.266. The molecule has 0 aliphatic carbocycles. The third-order valence-corrected chi connectivity index (χ3v) is 4.78. The normalized spacial score (nSPS) is 11.4. The molecule has 1 aromatic heterocycles. The molecular formula is C22H13ClN2. The predicted octanol–water partition coefficient (Wildman–Crippen LogP) is 6.26. The van der Waals surface area contributed by atoms with Gasteiger partial charge in [0.15, 0.2) is 0 Å². The average molecular weight is 341 g/mol. The van der Waals surface area contributed by atoms with Crippen LogP contribution in [0.2, 0.25) is 5.28 Å². The lowest BCUT2D eigenvalue weighted by Crippen LogP contribution is -1.93. The van der Waals surface area contributed by atoms with Crippen LogP contribution >= 0.6 is 11.6 Å². The Hall–Kier alpha value is -2.97. The minimum Gasteiger partial charge on any atom is -0.217 e. The highest BCUT2D eigenvalue weighted by Crippen LogP contribution is 2.35. The van der Waals surface area contributed by atoms with Gasteiger partial charge in [0.05, 0.1) is 11.2 Å². The maximum Gasteiger partial charge on any atom is 0.223 e. The van der Waals surface area contributed by atoms with Crippen molar-refractivity contribution in [2.45, 2.75) is 0 Å². The molecule has 5 aromatic rings. The van der Waals surface area contributed by atoms with E-state index >= 15 is 0 Å². The van der Waals surface area contributed by atoms with E-state index in [1.54, 1.807) is 0 Å². The Morgan fingerprint density at radius 1 is 0.560 bits per heavy atom. The van der Waals surface area contributed by atoms with Crippen LogP contribution in [0.15, 0.2) is 78.9 Å². The third-order valence-electron chi connectivity index (χ3n) is 4.61. The lowest BCUT2D eigenvalue weighted by molar-refractivity contribution is 1.23. The van der Waals surface area contributed by atoms with Gasteiger partial charge in [-0.05, 0) is 33.8 Å². The average Bonchev–Trinajstić information content (AvgIpc) is 2.67. The summed E-state index contributed by atoms with van der Waals surface area (Å²) in [5.74, 6) is 0. The minimum absolute atomic E-state index is 0.270. The molecule has 4 aromatic carbocycles. The van der Waals surface area contributed by atoms with Crippen molar-refractivity contribution >= 4 is 44.0 Å². The van der Waals surface area contributed by atoms with Crippen molar-refractivity contribution in [2.75, 3.05) is 0 Å². The Bertz CT molecular complexity index is 1260. The van der Waals surface area contributed by atoms with Crippen LogP contribution in [0, 0.1) is 0 Å². The van der Waals surface area contributed by atoms with Crippen molar-refractivity contribution < 1.29 is 0 Å². The monoisotopic (exact) mass is 340 g/mol. The first kappa shape index (κ1) is 14.4. The van der Waals surface area contributed by atoms with Gasteiger partial charge in [-0.15, -0.1) is 0 Å². The van der Waals surface area contributed by atoms with Crippen LogP contribution in [0.3, 0.4) is 0 Å². The number of hydrogen-bond acceptors (Lipinski definition) is 2. The van der Waals surface area contributed by atoms with Gasteiger partial charge in [0.1, 0.15) is 0 Å². The van der Waals surface area contributed by atoms with Gasteiger partial charge in [-0.3, -0.25) is 0 Å². The molecule has 0 unspecified atom stereocenters. The van der Waals surface area contributed by atoms with Crippen LogP contribution in [0.25, 0.3) is 43.7 Å². The summed E-state index contributed by atoms with van der Waals surface area (Å²) in [7, 11) is 0. The fraction of sp³-hybridized carbons (Fsp3) is 0. The molecule has 5 rings (SSSR count). The zero-order chi connectivity index (χ0) is 16.8. The number of halogens is 1. The van der Waals surface area contributed by atoms with E-state index in [1.165, 1.54) is 5.39 Å². The van der Waals surface area contributed by atoms with Crippen LogP contribution in [-0.4, -0.2) is 9.97 Å². The number of hydrogen-bond donors (Lipinski definition) is 0. The summed E-state index contributed by atoms with van der Waals surface area (Å²) in [4.78, 5) is 9.11. The molecule has 0 bridgehead atoms. The predicted molar refractivity (Wildman–Crippen MR) is 105 cm³/mol. The number of benzene rings is 4. The Morgan fingerprint density at radius 2 is 1.24 bits per heavy atom. The highest BCUT2D eigenvalue weighted by Gasteiger charge is 2.13. The maximum absolute atomic E-state index is 6.30. The standard InChI is InChI=1S/C22H13ClN2/c23-22-24-20-17-10-4-2-7-15(17)12-13-19(20)21(25-22)18-11-5-8-14-6-1-3-9-16(14)18/h1-13H. The second-order valence-electron chi connectivity index (χ2n) is 6.05. The van der Waals surface area contributed by atoms with E-state index < -0.39 is 0 Å². The van der Waals surface area contributed by atoms with Gasteiger partial charge in [-0.2, -0.15) is 0 Å². The third kappa shape index (κ3) is 2.26. The minimum atomic E-state index is 0.270. The fourth-order valence-corrected chi connectivity index (χ4v) is 3.64. The number of nitrogens with zero attached hydrogens (tertiary/aromatic N) is 2. The van der Waals surface area contributed by atoms with Crippen LogP contribution in [-0.2, 0) is 0 Å². The van der Waals surface area contributed by atoms with Crippen molar-refractivity contribution in [3.8, 4) is 11.3 Å². The smallest absolute Gasteiger partial charge is 0.217 e. The van der Waals surface area contributed by atoms with E-state index in [9.17, 15) is 0 Å². The number of rotatable bonds is 1. The second kappa shape index (κ2) is 5.54. The summed E-state index contributed by atoms with van der Waals surface area (Å²) in [5, 5.41) is 5.86. The van der Waals surface area contributed by atoms with E-state index in [2.05, 4.69) is 64.6 Å². The maximum atomic E-state index is 6.30. The lowest BCUT2D eigenvalue weighted by Gasteiger charge is -2.11. The van der Waals surface area contributed by atoms with Gasteiger partial charge >= 0.3 is 0 Å². The summed E-state index contributed by atoms with van der Waals surface area (Å²) < 4.78 is 0. The molecule has 0 amide bonds. The molecule has 0 saturated carbocycles. The van der Waals surface area contributed by atoms with Gasteiger partial charge in [-0.25, -0.2) is 9.97 Å². The lowest BCUT2D eigenvalue weighted by atomic mass is 9.98. The van der Waals surface area contributed by atoms with Crippen molar-refractivity contribution in [3.05, 3.63) is 84.1 Å². The van der Waals surface area contributed by atoms with Gasteiger partial charge < -0.3 is 0 Å². The van der Waals surface area contributed by atoms with E-state index in [4.69, 9.17) is 11.6 Å². The molecule has 2 nitrogen and oxygen atoms in total. The van der Waals surface area contributed by atoms with Crippen molar-refractivity contribution in [1.82, 2.24) is 9.97 Å². The topological polar surface area (TPSA) is 25.8 Å². The molecule has 0 aliphatic rings. The molecule has 0 spiro atoms. The zero-order valence-corrected chi connectivity index (χ0v) is 14.0. The molecule has 1 heterocycles. The van der Waals surface area contributed by atoms with Gasteiger partial charge in [0.2, 0.25) is 5.28 Å². The first-order valence-corrected chi connectivity index (χ1v) is 8.52. The summed E-state index contributed by atoms with van der Waals surface area (Å²) in [6, 6.07) is 27.0. The number of fused-ring (bicyclic) bond motifs is 4. The van der Waals surface area contributed by atoms with Crippen LogP contribution in [0.4, 0.5) is 0 Å². The Balaban J connectivity index is 1.95. The zero-order valence-electron chi connectivity index (χ0n) is 13.3. The summed E-state index contributed by atoms with van der Waals surface area (Å²) in [6.45, 7) is 0.